The summed E-state index contributed by atoms with van der Waals surface area (Å²) in [6.07, 6.45) is 3.78. The van der Waals surface area contributed by atoms with E-state index >= 15 is 0 Å². The highest BCUT2D eigenvalue weighted by molar-refractivity contribution is 5.95. The predicted octanol–water partition coefficient (Wildman–Crippen LogP) is 6.13. The van der Waals surface area contributed by atoms with E-state index in [9.17, 15) is 4.79 Å². The molecule has 0 amide bonds. The van der Waals surface area contributed by atoms with Crippen LogP contribution in [-0.4, -0.2) is 54.1 Å². The number of ether oxygens (including phenoxy) is 1. The van der Waals surface area contributed by atoms with Gasteiger partial charge in [-0.25, -0.2) is 9.97 Å². The number of rotatable bonds is 11. The summed E-state index contributed by atoms with van der Waals surface area (Å²) in [4.78, 5) is 28.7. The van der Waals surface area contributed by atoms with Crippen molar-refractivity contribution in [3.63, 3.8) is 0 Å². The van der Waals surface area contributed by atoms with Gasteiger partial charge in [0.05, 0.1) is 12.1 Å². The lowest BCUT2D eigenvalue weighted by Gasteiger charge is -2.16. The van der Waals surface area contributed by atoms with Crippen LogP contribution in [0.4, 0.5) is 11.5 Å². The Labute approximate surface area is 230 Å². The van der Waals surface area contributed by atoms with Crippen molar-refractivity contribution in [2.24, 2.45) is 4.99 Å². The molecule has 0 bridgehead atoms. The van der Waals surface area contributed by atoms with E-state index in [1.54, 1.807) is 0 Å². The number of carbonyl (C=O) groups is 1. The second-order valence-corrected chi connectivity index (χ2v) is 10.4. The number of carbonyl (C=O) groups excluding carboxylic acids is 1. The Bertz CT molecular complexity index is 1540. The van der Waals surface area contributed by atoms with Crippen LogP contribution in [0.25, 0.3) is 22.3 Å². The molecule has 1 N–H and O–H groups in total. The van der Waals surface area contributed by atoms with Crippen LogP contribution in [-0.2, 0) is 17.8 Å². The monoisotopic (exact) mass is 521 g/mol. The standard InChI is InChI=1S/C32H35N5O2/c1-5-7-27(38)16-22-8-6-9-23(15-22)31-35-29-14-21(2)30(39-13-12-37(3)4)18-28(29)32(36-31)34-26-11-10-24-19-33-20-25(24)17-26/h6,8-11,14-15,17-18,20H,5,7,12-13,16,19H2,1-4H3,(H,34,35,36). The van der Waals surface area contributed by atoms with Crippen molar-refractivity contribution in [2.45, 2.75) is 39.7 Å². The van der Waals surface area contributed by atoms with Gasteiger partial charge in [0.2, 0.25) is 0 Å². The Balaban J connectivity index is 1.56. The number of aromatic nitrogens is 2. The van der Waals surface area contributed by atoms with Gasteiger partial charge in [-0.05, 0) is 80.0 Å². The maximum absolute atomic E-state index is 12.3. The highest BCUT2D eigenvalue weighted by atomic mass is 16.5. The lowest BCUT2D eigenvalue weighted by atomic mass is 10.0. The van der Waals surface area contributed by atoms with E-state index in [4.69, 9.17) is 14.7 Å². The summed E-state index contributed by atoms with van der Waals surface area (Å²) in [5.41, 5.74) is 6.97. The number of benzene rings is 3. The van der Waals surface area contributed by atoms with Crippen LogP contribution in [0.5, 0.6) is 5.75 Å². The zero-order valence-corrected chi connectivity index (χ0v) is 23.1. The molecule has 2 heterocycles. The van der Waals surface area contributed by atoms with E-state index in [-0.39, 0.29) is 5.78 Å². The number of fused-ring (bicyclic) bond motifs is 2. The van der Waals surface area contributed by atoms with Crippen LogP contribution in [0.2, 0.25) is 0 Å². The molecule has 0 aliphatic carbocycles. The number of ketones is 1. The quantitative estimate of drug-likeness (QED) is 0.256. The molecule has 5 rings (SSSR count). The van der Waals surface area contributed by atoms with Crippen molar-refractivity contribution in [1.29, 1.82) is 0 Å². The van der Waals surface area contributed by atoms with Crippen molar-refractivity contribution in [3.05, 3.63) is 76.9 Å². The van der Waals surface area contributed by atoms with Gasteiger partial charge in [-0.2, -0.15) is 0 Å². The number of nitrogens with one attached hydrogen (secondary N) is 1. The van der Waals surface area contributed by atoms with Crippen LogP contribution < -0.4 is 10.1 Å². The maximum Gasteiger partial charge on any atom is 0.162 e. The van der Waals surface area contributed by atoms with Gasteiger partial charge in [-0.1, -0.05) is 31.2 Å². The number of hydrogen-bond donors (Lipinski definition) is 1. The molecule has 1 aliphatic rings. The Morgan fingerprint density at radius 2 is 1.95 bits per heavy atom. The summed E-state index contributed by atoms with van der Waals surface area (Å²) in [6, 6.07) is 18.3. The zero-order valence-electron chi connectivity index (χ0n) is 23.1. The van der Waals surface area contributed by atoms with Crippen LogP contribution in [0.15, 0.2) is 59.6 Å². The van der Waals surface area contributed by atoms with Crippen LogP contribution in [0.3, 0.4) is 0 Å². The smallest absolute Gasteiger partial charge is 0.162 e. The third-order valence-corrected chi connectivity index (χ3v) is 6.80. The molecule has 3 aromatic carbocycles. The van der Waals surface area contributed by atoms with E-state index < -0.39 is 0 Å². The van der Waals surface area contributed by atoms with E-state index in [2.05, 4.69) is 39.5 Å². The lowest BCUT2D eigenvalue weighted by molar-refractivity contribution is -0.118. The zero-order chi connectivity index (χ0) is 27.4. The topological polar surface area (TPSA) is 79.7 Å². The summed E-state index contributed by atoms with van der Waals surface area (Å²) >= 11 is 0. The van der Waals surface area contributed by atoms with E-state index in [1.165, 1.54) is 5.56 Å². The molecule has 0 unspecified atom stereocenters. The van der Waals surface area contributed by atoms with Gasteiger partial charge >= 0.3 is 0 Å². The average molecular weight is 522 g/mol. The molecule has 1 aromatic heterocycles. The Hall–Kier alpha value is -4.10. The molecule has 200 valence electrons. The molecule has 1 aliphatic heterocycles. The van der Waals surface area contributed by atoms with Gasteiger partial charge in [0.25, 0.3) is 0 Å². The molecule has 4 aromatic rings. The Morgan fingerprint density at radius 1 is 1.08 bits per heavy atom. The molecule has 0 saturated heterocycles. The Kier molecular flexibility index (Phi) is 7.98. The third kappa shape index (κ3) is 6.32. The maximum atomic E-state index is 12.3. The first-order chi connectivity index (χ1) is 18.9. The van der Waals surface area contributed by atoms with Gasteiger partial charge in [0.1, 0.15) is 24.0 Å². The molecule has 7 heteroatoms. The molecule has 7 nitrogen and oxygen atoms in total. The average Bonchev–Trinajstić information content (AvgIpc) is 3.37. The van der Waals surface area contributed by atoms with Crippen molar-refractivity contribution < 1.29 is 9.53 Å². The number of Topliss-reactive ketones (excluding diaryl/α,β-unsaturated/α-hetero) is 1. The van der Waals surface area contributed by atoms with Crippen LogP contribution in [0.1, 0.15) is 42.0 Å². The lowest BCUT2D eigenvalue weighted by Crippen LogP contribution is -2.19. The molecule has 0 radical (unpaired) electrons. The van der Waals surface area contributed by atoms with Gasteiger partial charge in [0, 0.05) is 42.2 Å². The SMILES string of the molecule is CCCC(=O)Cc1cccc(-c2nc(Nc3ccc4c(c3)C=NC4)c3cc(OCCN(C)C)c(C)cc3n2)c1. The van der Waals surface area contributed by atoms with E-state index in [1.807, 2.05) is 64.5 Å². The Morgan fingerprint density at radius 3 is 2.77 bits per heavy atom. The summed E-state index contributed by atoms with van der Waals surface area (Å²) in [6.45, 7) is 6.21. The molecular weight excluding hydrogens is 486 g/mol. The number of hydrogen-bond acceptors (Lipinski definition) is 7. The minimum absolute atomic E-state index is 0.244. The summed E-state index contributed by atoms with van der Waals surface area (Å²) < 4.78 is 6.13. The van der Waals surface area contributed by atoms with Crippen molar-refractivity contribution in [2.75, 3.05) is 32.6 Å². The van der Waals surface area contributed by atoms with Crippen LogP contribution in [0, 0.1) is 6.92 Å². The minimum atomic E-state index is 0.244. The highest BCUT2D eigenvalue weighted by Gasteiger charge is 2.15. The van der Waals surface area contributed by atoms with Gasteiger partial charge in [-0.3, -0.25) is 9.79 Å². The van der Waals surface area contributed by atoms with Crippen molar-refractivity contribution >= 4 is 34.4 Å². The third-order valence-electron chi connectivity index (χ3n) is 6.80. The number of anilines is 2. The number of aliphatic imine (C=N–C) groups is 1. The number of likely N-dealkylation sites (N-methyl/N-ethyl adjacent to an activating group) is 1. The molecule has 0 fully saturated rings. The van der Waals surface area contributed by atoms with E-state index in [0.717, 1.165) is 64.1 Å². The summed E-state index contributed by atoms with van der Waals surface area (Å²) in [7, 11) is 4.06. The second-order valence-electron chi connectivity index (χ2n) is 10.4. The van der Waals surface area contributed by atoms with Gasteiger partial charge in [-0.15, -0.1) is 0 Å². The van der Waals surface area contributed by atoms with Crippen molar-refractivity contribution in [1.82, 2.24) is 14.9 Å². The molecular formula is C32H35N5O2. The molecule has 0 saturated carbocycles. The fourth-order valence-corrected chi connectivity index (χ4v) is 4.71. The largest absolute Gasteiger partial charge is 0.492 e. The molecule has 39 heavy (non-hydrogen) atoms. The fourth-order valence-electron chi connectivity index (χ4n) is 4.71. The van der Waals surface area contributed by atoms with Gasteiger partial charge in [0.15, 0.2) is 5.82 Å². The first-order valence-electron chi connectivity index (χ1n) is 13.5. The van der Waals surface area contributed by atoms with Crippen LogP contribution >= 0.6 is 0 Å². The first kappa shape index (κ1) is 26.5. The highest BCUT2D eigenvalue weighted by Crippen LogP contribution is 2.33. The summed E-state index contributed by atoms with van der Waals surface area (Å²) in [5.74, 6) is 2.38. The van der Waals surface area contributed by atoms with Gasteiger partial charge < -0.3 is 15.0 Å². The van der Waals surface area contributed by atoms with Crippen molar-refractivity contribution in [3.8, 4) is 17.1 Å². The van der Waals surface area contributed by atoms with E-state index in [0.29, 0.717) is 31.1 Å². The molecule has 0 spiro atoms. The number of nitrogens with zero attached hydrogens (tertiary/aromatic N) is 4. The summed E-state index contributed by atoms with van der Waals surface area (Å²) in [5, 5.41) is 4.42. The normalized spacial score (nSPS) is 12.2. The molecule has 0 atom stereocenters. The minimum Gasteiger partial charge on any atom is -0.492 e. The fraction of sp³-hybridized carbons (Fsp3) is 0.312. The number of aryl methyl sites for hydroxylation is 1. The second kappa shape index (κ2) is 11.7. The first-order valence-corrected chi connectivity index (χ1v) is 13.5. The predicted molar refractivity (Wildman–Crippen MR) is 158 cm³/mol.